The van der Waals surface area contributed by atoms with E-state index >= 15 is 0 Å². The minimum Gasteiger partial charge on any atom is -0.386 e. The van der Waals surface area contributed by atoms with Crippen molar-refractivity contribution < 1.29 is 5.11 Å². The Morgan fingerprint density at radius 3 is 2.31 bits per heavy atom. The monoisotopic (exact) mass is 218 g/mol. The van der Waals surface area contributed by atoms with Gasteiger partial charge in [-0.15, -0.1) is 23.2 Å². The molecule has 1 rings (SSSR count). The van der Waals surface area contributed by atoms with Crippen molar-refractivity contribution in [2.45, 2.75) is 24.8 Å². The first-order chi connectivity index (χ1) is 6.02. The fraction of sp³-hybridized carbons (Fsp3) is 0.400. The second-order valence-electron chi connectivity index (χ2n) is 3.14. The molecule has 72 valence electrons. The summed E-state index contributed by atoms with van der Waals surface area (Å²) in [5.41, 5.74) is 2.97. The molecule has 0 spiro atoms. The number of rotatable bonds is 2. The van der Waals surface area contributed by atoms with Gasteiger partial charge in [0, 0.05) is 0 Å². The summed E-state index contributed by atoms with van der Waals surface area (Å²) in [4.78, 5) is -0.776. The van der Waals surface area contributed by atoms with Gasteiger partial charge in [-0.3, -0.25) is 0 Å². The van der Waals surface area contributed by atoms with Crippen LogP contribution in [-0.4, -0.2) is 9.94 Å². The fourth-order valence-corrected chi connectivity index (χ4v) is 1.56. The van der Waals surface area contributed by atoms with Gasteiger partial charge in [0.25, 0.3) is 0 Å². The van der Waals surface area contributed by atoms with E-state index in [-0.39, 0.29) is 0 Å². The van der Waals surface area contributed by atoms with Crippen molar-refractivity contribution in [1.29, 1.82) is 0 Å². The molecule has 13 heavy (non-hydrogen) atoms. The van der Waals surface area contributed by atoms with Crippen LogP contribution in [0.25, 0.3) is 0 Å². The Hall–Kier alpha value is -0.240. The Labute approximate surface area is 88.3 Å². The molecule has 0 heterocycles. The lowest BCUT2D eigenvalue weighted by atomic mass is 10.0. The molecule has 0 bridgehead atoms. The fourth-order valence-electron chi connectivity index (χ4n) is 1.29. The van der Waals surface area contributed by atoms with Gasteiger partial charge in [-0.2, -0.15) is 0 Å². The van der Waals surface area contributed by atoms with Crippen molar-refractivity contribution >= 4 is 23.2 Å². The van der Waals surface area contributed by atoms with E-state index in [1.165, 1.54) is 0 Å². The predicted molar refractivity (Wildman–Crippen MR) is 56.4 cm³/mol. The number of hydrogen-bond acceptors (Lipinski definition) is 1. The lowest BCUT2D eigenvalue weighted by Gasteiger charge is -2.14. The van der Waals surface area contributed by atoms with Gasteiger partial charge in [0.2, 0.25) is 0 Å². The third-order valence-corrected chi connectivity index (χ3v) is 2.46. The van der Waals surface area contributed by atoms with E-state index in [0.29, 0.717) is 0 Å². The quantitative estimate of drug-likeness (QED) is 0.757. The van der Waals surface area contributed by atoms with Crippen LogP contribution in [0.2, 0.25) is 0 Å². The largest absolute Gasteiger partial charge is 0.386 e. The molecule has 1 N–H and O–H groups in total. The molecule has 1 unspecified atom stereocenters. The molecule has 0 aliphatic heterocycles. The number of aryl methyl sites for hydroxylation is 2. The third-order valence-electron chi connectivity index (χ3n) is 1.98. The second-order valence-corrected chi connectivity index (χ2v) is 4.30. The van der Waals surface area contributed by atoms with Gasteiger partial charge in [-0.1, -0.05) is 23.8 Å². The molecule has 0 aliphatic carbocycles. The summed E-state index contributed by atoms with van der Waals surface area (Å²) >= 11 is 11.2. The molecule has 1 atom stereocenters. The van der Waals surface area contributed by atoms with Gasteiger partial charge in [0.15, 0.2) is 0 Å². The van der Waals surface area contributed by atoms with Crippen molar-refractivity contribution in [2.24, 2.45) is 0 Å². The van der Waals surface area contributed by atoms with E-state index in [2.05, 4.69) is 0 Å². The first-order valence-electron chi connectivity index (χ1n) is 4.05. The molecule has 0 saturated carbocycles. The lowest BCUT2D eigenvalue weighted by molar-refractivity contribution is 0.192. The standard InChI is InChI=1S/C10H12Cl2O/c1-6-3-4-8(7(2)5-6)9(13)10(11)12/h3-5,9-10,13H,1-2H3. The SMILES string of the molecule is Cc1ccc(C(O)C(Cl)Cl)c(C)c1. The summed E-state index contributed by atoms with van der Waals surface area (Å²) in [5.74, 6) is 0. The van der Waals surface area contributed by atoms with Crippen LogP contribution in [-0.2, 0) is 0 Å². The molecule has 1 aromatic rings. The van der Waals surface area contributed by atoms with E-state index in [9.17, 15) is 5.11 Å². The maximum absolute atomic E-state index is 9.61. The van der Waals surface area contributed by atoms with Crippen LogP contribution in [0, 0.1) is 13.8 Å². The number of hydrogen-bond donors (Lipinski definition) is 1. The molecule has 0 radical (unpaired) electrons. The van der Waals surface area contributed by atoms with Gasteiger partial charge in [0.1, 0.15) is 10.9 Å². The average Bonchev–Trinajstić information content (AvgIpc) is 2.03. The molecule has 3 heteroatoms. The molecule has 1 aromatic carbocycles. The lowest BCUT2D eigenvalue weighted by Crippen LogP contribution is -2.07. The highest BCUT2D eigenvalue weighted by molar-refractivity contribution is 6.44. The first-order valence-corrected chi connectivity index (χ1v) is 4.93. The Morgan fingerprint density at radius 2 is 1.85 bits per heavy atom. The molecule has 0 amide bonds. The molecule has 0 fully saturated rings. The van der Waals surface area contributed by atoms with E-state index in [4.69, 9.17) is 23.2 Å². The number of aliphatic hydroxyl groups is 1. The zero-order valence-electron chi connectivity index (χ0n) is 7.59. The highest BCUT2D eigenvalue weighted by Crippen LogP contribution is 2.26. The summed E-state index contributed by atoms with van der Waals surface area (Å²) in [7, 11) is 0. The highest BCUT2D eigenvalue weighted by Gasteiger charge is 2.17. The highest BCUT2D eigenvalue weighted by atomic mass is 35.5. The third kappa shape index (κ3) is 2.60. The van der Waals surface area contributed by atoms with Gasteiger partial charge in [-0.05, 0) is 25.0 Å². The zero-order chi connectivity index (χ0) is 10.0. The average molecular weight is 219 g/mol. The maximum Gasteiger partial charge on any atom is 0.137 e. The number of aliphatic hydroxyl groups excluding tert-OH is 1. The van der Waals surface area contributed by atoms with Crippen molar-refractivity contribution in [1.82, 2.24) is 0 Å². The van der Waals surface area contributed by atoms with Crippen LogP contribution in [0.15, 0.2) is 18.2 Å². The van der Waals surface area contributed by atoms with Gasteiger partial charge in [0.05, 0.1) is 0 Å². The Bertz CT molecular complexity index is 297. The normalized spacial score (nSPS) is 13.4. The van der Waals surface area contributed by atoms with Crippen molar-refractivity contribution in [2.75, 3.05) is 0 Å². The van der Waals surface area contributed by atoms with Gasteiger partial charge in [-0.25, -0.2) is 0 Å². The van der Waals surface area contributed by atoms with E-state index in [0.717, 1.165) is 16.7 Å². The Kier molecular flexibility index (Phi) is 3.60. The molecule has 0 aliphatic rings. The summed E-state index contributed by atoms with van der Waals surface area (Å²) in [6.45, 7) is 3.93. The number of halogens is 2. The molecule has 1 nitrogen and oxygen atoms in total. The summed E-state index contributed by atoms with van der Waals surface area (Å²) in [6, 6.07) is 5.78. The van der Waals surface area contributed by atoms with Crippen LogP contribution in [0.1, 0.15) is 22.8 Å². The number of alkyl halides is 2. The summed E-state index contributed by atoms with van der Waals surface area (Å²) in [5, 5.41) is 9.61. The van der Waals surface area contributed by atoms with Crippen molar-refractivity contribution in [3.63, 3.8) is 0 Å². The molecule has 0 saturated heterocycles. The van der Waals surface area contributed by atoms with Crippen molar-refractivity contribution in [3.05, 3.63) is 34.9 Å². The molecular formula is C10H12Cl2O. The van der Waals surface area contributed by atoms with Crippen LogP contribution < -0.4 is 0 Å². The number of benzene rings is 1. The molecular weight excluding hydrogens is 207 g/mol. The smallest absolute Gasteiger partial charge is 0.137 e. The maximum atomic E-state index is 9.61. The minimum atomic E-state index is -0.802. The van der Waals surface area contributed by atoms with Gasteiger partial charge >= 0.3 is 0 Å². The topological polar surface area (TPSA) is 20.2 Å². The minimum absolute atomic E-state index is 0.776. The second kappa shape index (κ2) is 4.32. The predicted octanol–water partition coefficient (Wildman–Crippen LogP) is 3.14. The van der Waals surface area contributed by atoms with Crippen LogP contribution in [0.5, 0.6) is 0 Å². The van der Waals surface area contributed by atoms with Crippen molar-refractivity contribution in [3.8, 4) is 0 Å². The summed E-state index contributed by atoms with van der Waals surface area (Å²) in [6.07, 6.45) is -0.802. The van der Waals surface area contributed by atoms with E-state index in [1.807, 2.05) is 32.0 Å². The van der Waals surface area contributed by atoms with Gasteiger partial charge < -0.3 is 5.11 Å². The van der Waals surface area contributed by atoms with Crippen LogP contribution in [0.4, 0.5) is 0 Å². The Morgan fingerprint density at radius 1 is 1.23 bits per heavy atom. The zero-order valence-corrected chi connectivity index (χ0v) is 9.10. The Balaban J connectivity index is 3.01. The summed E-state index contributed by atoms with van der Waals surface area (Å²) < 4.78 is 0. The van der Waals surface area contributed by atoms with E-state index < -0.39 is 10.9 Å². The van der Waals surface area contributed by atoms with Crippen LogP contribution in [0.3, 0.4) is 0 Å². The first kappa shape index (κ1) is 10.8. The molecule has 0 aromatic heterocycles. The van der Waals surface area contributed by atoms with E-state index in [1.54, 1.807) is 0 Å². The van der Waals surface area contributed by atoms with Crippen LogP contribution >= 0.6 is 23.2 Å².